The van der Waals surface area contributed by atoms with Crippen molar-refractivity contribution >= 4 is 6.29 Å². The number of carbonyl (C=O) groups is 1. The van der Waals surface area contributed by atoms with Crippen LogP contribution < -0.4 is 0 Å². The van der Waals surface area contributed by atoms with Gasteiger partial charge in [-0.2, -0.15) is 0 Å². The van der Waals surface area contributed by atoms with Crippen LogP contribution in [0.2, 0.25) is 0 Å². The molecule has 0 N–H and O–H groups in total. The van der Waals surface area contributed by atoms with Gasteiger partial charge in [0.15, 0.2) is 6.29 Å². The summed E-state index contributed by atoms with van der Waals surface area (Å²) in [5.41, 5.74) is 0. The van der Waals surface area contributed by atoms with Gasteiger partial charge in [-0.25, -0.2) is 0 Å². The lowest BCUT2D eigenvalue weighted by molar-refractivity contribution is -0.122. The molecule has 3 heteroatoms. The predicted octanol–water partition coefficient (Wildman–Crippen LogP) is 5.86. The summed E-state index contributed by atoms with van der Waals surface area (Å²) >= 11 is 0. The zero-order valence-electron chi connectivity index (χ0n) is 16.0. The molecule has 0 aromatic rings. The van der Waals surface area contributed by atoms with Crippen LogP contribution in [0.1, 0.15) is 90.4 Å². The van der Waals surface area contributed by atoms with E-state index in [4.69, 9.17) is 9.47 Å². The Kier molecular flexibility index (Phi) is 19.8. The summed E-state index contributed by atoms with van der Waals surface area (Å²) in [6.07, 6.45) is 18.4. The molecule has 0 aromatic carbocycles. The molecule has 0 aliphatic rings. The van der Waals surface area contributed by atoms with Crippen LogP contribution >= 0.6 is 0 Å². The molecule has 24 heavy (non-hydrogen) atoms. The molecule has 0 bridgehead atoms. The summed E-state index contributed by atoms with van der Waals surface area (Å²) < 4.78 is 11.2. The summed E-state index contributed by atoms with van der Waals surface area (Å²) in [6.45, 7) is 7.77. The van der Waals surface area contributed by atoms with E-state index in [1.54, 1.807) is 0 Å². The number of aldehydes is 1. The van der Waals surface area contributed by atoms with Crippen molar-refractivity contribution in [2.24, 2.45) is 0 Å². The molecule has 1 unspecified atom stereocenters. The van der Waals surface area contributed by atoms with E-state index < -0.39 is 6.10 Å². The minimum Gasteiger partial charge on any atom is -0.378 e. The first-order valence-electron chi connectivity index (χ1n) is 10.1. The van der Waals surface area contributed by atoms with E-state index in [2.05, 4.69) is 13.5 Å². The lowest BCUT2D eigenvalue weighted by atomic mass is 10.1. The number of ether oxygens (including phenoxy) is 2. The first kappa shape index (κ1) is 23.3. The number of carbonyl (C=O) groups excluding carboxylic acids is 1. The Hall–Kier alpha value is -0.670. The number of hydrogen-bond acceptors (Lipinski definition) is 3. The van der Waals surface area contributed by atoms with Gasteiger partial charge in [-0.05, 0) is 25.7 Å². The third kappa shape index (κ3) is 17.7. The Morgan fingerprint density at radius 3 is 2.04 bits per heavy atom. The maximum atomic E-state index is 11.0. The Morgan fingerprint density at radius 1 is 0.833 bits per heavy atom. The van der Waals surface area contributed by atoms with Gasteiger partial charge in [0.05, 0.1) is 6.61 Å². The van der Waals surface area contributed by atoms with Crippen molar-refractivity contribution in [3.05, 3.63) is 12.7 Å². The lowest BCUT2D eigenvalue weighted by Gasteiger charge is -2.12. The summed E-state index contributed by atoms with van der Waals surface area (Å²) in [5.74, 6) is 0. The molecule has 0 fully saturated rings. The topological polar surface area (TPSA) is 35.5 Å². The Bertz CT molecular complexity index is 266. The second-order valence-corrected chi connectivity index (χ2v) is 6.59. The summed E-state index contributed by atoms with van der Waals surface area (Å²) in [7, 11) is 0. The third-order valence-electron chi connectivity index (χ3n) is 4.21. The maximum Gasteiger partial charge on any atom is 0.151 e. The molecular formula is C21H40O3. The highest BCUT2D eigenvalue weighted by Gasteiger charge is 2.07. The van der Waals surface area contributed by atoms with Gasteiger partial charge in [-0.15, -0.1) is 6.58 Å². The van der Waals surface area contributed by atoms with Crippen LogP contribution in [0.5, 0.6) is 0 Å². The summed E-state index contributed by atoms with van der Waals surface area (Å²) in [4.78, 5) is 11.0. The zero-order chi connectivity index (χ0) is 17.7. The molecule has 1 atom stereocenters. The predicted molar refractivity (Wildman–Crippen MR) is 103 cm³/mol. The number of allylic oxidation sites excluding steroid dienone is 1. The average Bonchev–Trinajstić information content (AvgIpc) is 2.60. The molecule has 142 valence electrons. The van der Waals surface area contributed by atoms with Crippen molar-refractivity contribution in [1.82, 2.24) is 0 Å². The van der Waals surface area contributed by atoms with Gasteiger partial charge >= 0.3 is 0 Å². The van der Waals surface area contributed by atoms with Crippen molar-refractivity contribution in [3.8, 4) is 0 Å². The van der Waals surface area contributed by atoms with Crippen molar-refractivity contribution in [2.75, 3.05) is 19.8 Å². The van der Waals surface area contributed by atoms with Crippen LogP contribution in [0.4, 0.5) is 0 Å². The first-order chi connectivity index (χ1) is 11.8. The van der Waals surface area contributed by atoms with Gasteiger partial charge in [0.1, 0.15) is 6.10 Å². The maximum absolute atomic E-state index is 11.0. The van der Waals surface area contributed by atoms with Crippen molar-refractivity contribution in [1.29, 1.82) is 0 Å². The van der Waals surface area contributed by atoms with Crippen LogP contribution in [0.15, 0.2) is 12.7 Å². The fourth-order valence-electron chi connectivity index (χ4n) is 2.64. The number of hydrogen-bond donors (Lipinski definition) is 0. The monoisotopic (exact) mass is 340 g/mol. The minimum absolute atomic E-state index is 0.393. The molecule has 0 heterocycles. The van der Waals surface area contributed by atoms with Crippen LogP contribution in [0.3, 0.4) is 0 Å². The molecule has 3 nitrogen and oxygen atoms in total. The second kappa shape index (κ2) is 20.4. The Balaban J connectivity index is 3.31. The number of unbranched alkanes of at least 4 members (excludes halogenated alkanes) is 11. The molecule has 0 rings (SSSR count). The normalized spacial score (nSPS) is 12.2. The SMILES string of the molecule is C=CCCCCCCCOC(C=O)COCCCCCCCCC. The fourth-order valence-corrected chi connectivity index (χ4v) is 2.64. The standard InChI is InChI=1S/C21H40O3/c1-3-5-7-9-11-13-15-17-23-20-21(19-22)24-18-16-14-12-10-8-6-4-2/h4,19,21H,2-3,5-18,20H2,1H3. The molecule has 0 saturated carbocycles. The quantitative estimate of drug-likeness (QED) is 0.158. The molecular weight excluding hydrogens is 300 g/mol. The van der Waals surface area contributed by atoms with E-state index in [0.717, 1.165) is 32.2 Å². The molecule has 0 aliphatic heterocycles. The largest absolute Gasteiger partial charge is 0.378 e. The van der Waals surface area contributed by atoms with Gasteiger partial charge in [0.25, 0.3) is 0 Å². The minimum atomic E-state index is -0.393. The smallest absolute Gasteiger partial charge is 0.151 e. The average molecular weight is 341 g/mol. The number of rotatable bonds is 20. The van der Waals surface area contributed by atoms with Gasteiger partial charge in [0.2, 0.25) is 0 Å². The second-order valence-electron chi connectivity index (χ2n) is 6.59. The highest BCUT2D eigenvalue weighted by molar-refractivity contribution is 5.56. The summed E-state index contributed by atoms with van der Waals surface area (Å²) in [5, 5.41) is 0. The molecule has 0 aliphatic carbocycles. The highest BCUT2D eigenvalue weighted by atomic mass is 16.5. The van der Waals surface area contributed by atoms with Crippen LogP contribution in [-0.4, -0.2) is 32.2 Å². The zero-order valence-corrected chi connectivity index (χ0v) is 16.0. The van der Waals surface area contributed by atoms with Gasteiger partial charge in [-0.1, -0.05) is 70.8 Å². The van der Waals surface area contributed by atoms with Crippen LogP contribution in [0, 0.1) is 0 Å². The lowest BCUT2D eigenvalue weighted by Crippen LogP contribution is -2.22. The molecule has 0 saturated heterocycles. The highest BCUT2D eigenvalue weighted by Crippen LogP contribution is 2.08. The van der Waals surface area contributed by atoms with Gasteiger partial charge in [-0.3, -0.25) is 0 Å². The van der Waals surface area contributed by atoms with Crippen LogP contribution in [0.25, 0.3) is 0 Å². The molecule has 0 aromatic heterocycles. The molecule has 0 spiro atoms. The van der Waals surface area contributed by atoms with E-state index in [0.29, 0.717) is 13.2 Å². The van der Waals surface area contributed by atoms with Gasteiger partial charge in [0, 0.05) is 13.2 Å². The van der Waals surface area contributed by atoms with E-state index in [1.165, 1.54) is 64.2 Å². The van der Waals surface area contributed by atoms with Crippen molar-refractivity contribution < 1.29 is 14.3 Å². The van der Waals surface area contributed by atoms with Gasteiger partial charge < -0.3 is 14.3 Å². The summed E-state index contributed by atoms with van der Waals surface area (Å²) in [6, 6.07) is 0. The fraction of sp³-hybridized carbons (Fsp3) is 0.857. The van der Waals surface area contributed by atoms with E-state index in [9.17, 15) is 4.79 Å². The van der Waals surface area contributed by atoms with Crippen LogP contribution in [-0.2, 0) is 14.3 Å². The Labute approximate surface area is 150 Å². The van der Waals surface area contributed by atoms with Crippen molar-refractivity contribution in [2.45, 2.75) is 96.5 Å². The molecule has 0 amide bonds. The van der Waals surface area contributed by atoms with E-state index in [-0.39, 0.29) is 0 Å². The van der Waals surface area contributed by atoms with E-state index in [1.807, 2.05) is 6.08 Å². The first-order valence-corrected chi connectivity index (χ1v) is 10.1. The third-order valence-corrected chi connectivity index (χ3v) is 4.21. The Morgan fingerprint density at radius 2 is 1.42 bits per heavy atom. The molecule has 0 radical (unpaired) electrons. The van der Waals surface area contributed by atoms with E-state index >= 15 is 0 Å². The van der Waals surface area contributed by atoms with Crippen molar-refractivity contribution in [3.63, 3.8) is 0 Å².